The van der Waals surface area contributed by atoms with Crippen LogP contribution in [0, 0.1) is 11.7 Å². The first-order valence-corrected chi connectivity index (χ1v) is 9.16. The summed E-state index contributed by atoms with van der Waals surface area (Å²) in [6.45, 7) is 4.18. The lowest BCUT2D eigenvalue weighted by atomic mass is 9.82. The summed E-state index contributed by atoms with van der Waals surface area (Å²) in [6.07, 6.45) is 7.06. The largest absolute Gasteiger partial charge is 0.316 e. The van der Waals surface area contributed by atoms with E-state index >= 15 is 0 Å². The maximum absolute atomic E-state index is 14.6. The van der Waals surface area contributed by atoms with Gasteiger partial charge in [0.1, 0.15) is 5.82 Å². The van der Waals surface area contributed by atoms with Crippen LogP contribution in [0.1, 0.15) is 56.9 Å². The number of hydrogen-bond donors (Lipinski definition) is 1. The monoisotopic (exact) mass is 375 g/mol. The number of halogens is 3. The van der Waals surface area contributed by atoms with Gasteiger partial charge in [0.25, 0.3) is 0 Å². The van der Waals surface area contributed by atoms with Crippen molar-refractivity contribution < 1.29 is 4.39 Å². The van der Waals surface area contributed by atoms with Gasteiger partial charge in [-0.3, -0.25) is 0 Å². The fourth-order valence-corrected chi connectivity index (χ4v) is 3.81. The number of nitrogens with one attached hydrogen (secondary N) is 1. The Hall–Kier alpha value is -0.120. The third-order valence-electron chi connectivity index (χ3n) is 4.46. The van der Waals surface area contributed by atoms with E-state index < -0.39 is 0 Å². The molecule has 0 aromatic heterocycles. The molecule has 0 heterocycles. The summed E-state index contributed by atoms with van der Waals surface area (Å²) in [4.78, 5) is 0. The molecule has 1 nitrogen and oxygen atoms in total. The van der Waals surface area contributed by atoms with Crippen molar-refractivity contribution in [1.82, 2.24) is 5.32 Å². The molecule has 2 rings (SSSR count). The van der Waals surface area contributed by atoms with Crippen LogP contribution in [-0.2, 0) is 0 Å². The Balaban J connectivity index is 2.21. The highest BCUT2D eigenvalue weighted by atomic mass is 79.9. The Kier molecular flexibility index (Phi) is 6.97. The van der Waals surface area contributed by atoms with Crippen molar-refractivity contribution in [3.63, 3.8) is 0 Å². The fourth-order valence-electron chi connectivity index (χ4n) is 3.33. The summed E-state index contributed by atoms with van der Waals surface area (Å²) >= 11 is 9.38. The van der Waals surface area contributed by atoms with Crippen molar-refractivity contribution in [3.05, 3.63) is 33.0 Å². The van der Waals surface area contributed by atoms with Crippen molar-refractivity contribution >= 4 is 27.5 Å². The first-order chi connectivity index (χ1) is 10.1. The zero-order valence-electron chi connectivity index (χ0n) is 12.6. The second-order valence-electron chi connectivity index (χ2n) is 5.97. The Labute approximate surface area is 140 Å². The van der Waals surface area contributed by atoms with Gasteiger partial charge in [0.15, 0.2) is 0 Å². The molecule has 2 unspecified atom stereocenters. The minimum atomic E-state index is -0.238. The smallest absolute Gasteiger partial charge is 0.146 e. The molecule has 1 fully saturated rings. The van der Waals surface area contributed by atoms with Crippen LogP contribution < -0.4 is 5.32 Å². The molecule has 1 saturated carbocycles. The van der Waals surface area contributed by atoms with Crippen LogP contribution in [0.3, 0.4) is 0 Å². The van der Waals surface area contributed by atoms with E-state index in [0.29, 0.717) is 10.4 Å². The molecule has 21 heavy (non-hydrogen) atoms. The maximum atomic E-state index is 14.6. The molecular formula is C17H24BrClFN. The molecule has 1 aromatic rings. The minimum absolute atomic E-state index is 0.219. The van der Waals surface area contributed by atoms with Crippen LogP contribution in [0.25, 0.3) is 0 Å². The Morgan fingerprint density at radius 1 is 1.29 bits per heavy atom. The van der Waals surface area contributed by atoms with Crippen molar-refractivity contribution in [3.8, 4) is 0 Å². The van der Waals surface area contributed by atoms with Gasteiger partial charge in [0.2, 0.25) is 0 Å². The van der Waals surface area contributed by atoms with Crippen molar-refractivity contribution in [2.75, 3.05) is 13.1 Å². The second-order valence-corrected chi connectivity index (χ2v) is 7.21. The molecule has 1 aliphatic rings. The molecule has 118 valence electrons. The van der Waals surface area contributed by atoms with Gasteiger partial charge in [0, 0.05) is 4.47 Å². The number of rotatable bonds is 5. The molecule has 1 N–H and O–H groups in total. The second kappa shape index (κ2) is 8.50. The quantitative estimate of drug-likeness (QED) is 0.383. The lowest BCUT2D eigenvalue weighted by Gasteiger charge is -2.26. The zero-order valence-corrected chi connectivity index (χ0v) is 14.9. The Morgan fingerprint density at radius 3 is 2.81 bits per heavy atom. The summed E-state index contributed by atoms with van der Waals surface area (Å²) in [5.74, 6) is 0.548. The summed E-state index contributed by atoms with van der Waals surface area (Å²) in [6, 6.07) is 3.79. The summed E-state index contributed by atoms with van der Waals surface area (Å²) in [5, 5.41) is 3.73. The van der Waals surface area contributed by atoms with Gasteiger partial charge in [-0.15, -0.1) is 0 Å². The lowest BCUT2D eigenvalue weighted by molar-refractivity contribution is 0.367. The molecule has 4 heteroatoms. The number of hydrogen-bond acceptors (Lipinski definition) is 1. The predicted molar refractivity (Wildman–Crippen MR) is 91.6 cm³/mol. The van der Waals surface area contributed by atoms with Crippen molar-refractivity contribution in [2.24, 2.45) is 5.92 Å². The SMILES string of the molecule is CCCNCC1CCCCCC1c1ccc(Br)c(Cl)c1F. The fraction of sp³-hybridized carbons (Fsp3) is 0.647. The van der Waals surface area contributed by atoms with Gasteiger partial charge >= 0.3 is 0 Å². The normalized spacial score (nSPS) is 23.0. The van der Waals surface area contributed by atoms with E-state index in [-0.39, 0.29) is 16.8 Å². The zero-order chi connectivity index (χ0) is 15.2. The summed E-state index contributed by atoms with van der Waals surface area (Å²) in [7, 11) is 0. The molecule has 1 aromatic carbocycles. The molecule has 1 aliphatic carbocycles. The standard InChI is InChI=1S/C17H24BrClFN/c1-2-10-21-11-12-6-4-3-5-7-13(12)14-8-9-15(18)16(19)17(14)20/h8-9,12-13,21H,2-7,10-11H2,1H3. The first-order valence-electron chi connectivity index (χ1n) is 7.99. The van der Waals surface area contributed by atoms with Crippen molar-refractivity contribution in [1.29, 1.82) is 0 Å². The van der Waals surface area contributed by atoms with E-state index in [9.17, 15) is 4.39 Å². The number of benzene rings is 1. The molecule has 0 saturated heterocycles. The van der Waals surface area contributed by atoms with E-state index in [2.05, 4.69) is 28.2 Å². The van der Waals surface area contributed by atoms with Crippen LogP contribution in [0.4, 0.5) is 4.39 Å². The molecular weight excluding hydrogens is 353 g/mol. The van der Waals surface area contributed by atoms with Crippen molar-refractivity contribution in [2.45, 2.75) is 51.4 Å². The molecule has 0 amide bonds. The van der Waals surface area contributed by atoms with Crippen LogP contribution in [0.15, 0.2) is 16.6 Å². The average Bonchev–Trinajstić information content (AvgIpc) is 2.71. The first kappa shape index (κ1) is 17.2. The summed E-state index contributed by atoms with van der Waals surface area (Å²) < 4.78 is 15.2. The lowest BCUT2D eigenvalue weighted by Crippen LogP contribution is -2.28. The highest BCUT2D eigenvalue weighted by molar-refractivity contribution is 9.10. The highest BCUT2D eigenvalue weighted by Crippen LogP contribution is 2.40. The average molecular weight is 377 g/mol. The van der Waals surface area contributed by atoms with Crippen LogP contribution >= 0.6 is 27.5 Å². The topological polar surface area (TPSA) is 12.0 Å². The van der Waals surface area contributed by atoms with Crippen LogP contribution in [-0.4, -0.2) is 13.1 Å². The highest BCUT2D eigenvalue weighted by Gasteiger charge is 2.28. The minimum Gasteiger partial charge on any atom is -0.316 e. The van der Waals surface area contributed by atoms with E-state index in [1.54, 1.807) is 0 Å². The third-order valence-corrected chi connectivity index (χ3v) is 5.72. The van der Waals surface area contributed by atoms with Gasteiger partial charge in [-0.2, -0.15) is 0 Å². The van der Waals surface area contributed by atoms with E-state index in [1.807, 2.05) is 12.1 Å². The van der Waals surface area contributed by atoms with Gasteiger partial charge in [-0.05, 0) is 71.7 Å². The summed E-state index contributed by atoms with van der Waals surface area (Å²) in [5.41, 5.74) is 0.799. The third kappa shape index (κ3) is 4.43. The molecule has 0 spiro atoms. The van der Waals surface area contributed by atoms with Gasteiger partial charge in [0.05, 0.1) is 5.02 Å². The Bertz CT molecular complexity index is 466. The Morgan fingerprint density at radius 2 is 2.05 bits per heavy atom. The van der Waals surface area contributed by atoms with Gasteiger partial charge in [-0.25, -0.2) is 4.39 Å². The van der Waals surface area contributed by atoms with E-state index in [0.717, 1.165) is 31.5 Å². The molecule has 0 aliphatic heterocycles. The molecule has 0 bridgehead atoms. The van der Waals surface area contributed by atoms with Gasteiger partial charge in [-0.1, -0.05) is 43.9 Å². The van der Waals surface area contributed by atoms with Crippen LogP contribution in [0.5, 0.6) is 0 Å². The maximum Gasteiger partial charge on any atom is 0.146 e. The molecule has 0 radical (unpaired) electrons. The van der Waals surface area contributed by atoms with Crippen LogP contribution in [0.2, 0.25) is 5.02 Å². The van der Waals surface area contributed by atoms with E-state index in [1.165, 1.54) is 25.7 Å². The predicted octanol–water partition coefficient (Wildman–Crippen LogP) is 5.91. The van der Waals surface area contributed by atoms with E-state index in [4.69, 9.17) is 11.6 Å². The van der Waals surface area contributed by atoms with Gasteiger partial charge < -0.3 is 5.32 Å². The molecule has 2 atom stereocenters.